The van der Waals surface area contributed by atoms with Gasteiger partial charge in [0, 0.05) is 37.9 Å². The highest BCUT2D eigenvalue weighted by molar-refractivity contribution is 5.85. The molecule has 1 heterocycles. The van der Waals surface area contributed by atoms with Gasteiger partial charge < -0.3 is 10.6 Å². The van der Waals surface area contributed by atoms with Crippen molar-refractivity contribution in [3.8, 4) is 0 Å². The monoisotopic (exact) mass is 427 g/mol. The number of hydrogen-bond acceptors (Lipinski definition) is 3. The van der Waals surface area contributed by atoms with Crippen molar-refractivity contribution in [2.45, 2.75) is 44.3 Å². The van der Waals surface area contributed by atoms with E-state index in [-0.39, 0.29) is 24.8 Å². The molecule has 1 aromatic carbocycles. The number of halogens is 5. The van der Waals surface area contributed by atoms with Crippen LogP contribution in [0.5, 0.6) is 0 Å². The first kappa shape index (κ1) is 24.3. The van der Waals surface area contributed by atoms with Crippen LogP contribution in [0.2, 0.25) is 0 Å². The summed E-state index contributed by atoms with van der Waals surface area (Å²) in [5, 5.41) is 0. The molecule has 2 aliphatic rings. The molecule has 1 aromatic rings. The van der Waals surface area contributed by atoms with Crippen LogP contribution in [-0.2, 0) is 6.18 Å². The van der Waals surface area contributed by atoms with Gasteiger partial charge in [0.25, 0.3) is 0 Å². The molecule has 2 N–H and O–H groups in total. The van der Waals surface area contributed by atoms with E-state index in [0.29, 0.717) is 11.7 Å². The normalized spacial score (nSPS) is 24.1. The van der Waals surface area contributed by atoms with Gasteiger partial charge in [-0.05, 0) is 62.8 Å². The van der Waals surface area contributed by atoms with E-state index in [4.69, 9.17) is 5.73 Å². The fourth-order valence-electron chi connectivity index (χ4n) is 3.95. The van der Waals surface area contributed by atoms with Crippen molar-refractivity contribution in [2.75, 3.05) is 37.6 Å². The molecule has 1 aliphatic carbocycles. The van der Waals surface area contributed by atoms with Crippen LogP contribution in [0.3, 0.4) is 0 Å². The molecule has 0 bridgehead atoms. The molecule has 1 saturated carbocycles. The number of benzene rings is 1. The van der Waals surface area contributed by atoms with Crippen molar-refractivity contribution in [2.24, 2.45) is 11.7 Å². The zero-order chi connectivity index (χ0) is 17.9. The van der Waals surface area contributed by atoms with Crippen molar-refractivity contribution in [3.05, 3.63) is 29.8 Å². The molecule has 2 fully saturated rings. The lowest BCUT2D eigenvalue weighted by Gasteiger charge is -2.37. The second-order valence-electron chi connectivity index (χ2n) is 7.45. The molecular weight excluding hydrogens is 398 g/mol. The fourth-order valence-corrected chi connectivity index (χ4v) is 3.95. The molecule has 3 rings (SSSR count). The molecule has 0 aromatic heterocycles. The van der Waals surface area contributed by atoms with E-state index in [1.54, 1.807) is 6.07 Å². The zero-order valence-corrected chi connectivity index (χ0v) is 17.1. The molecule has 156 valence electrons. The number of alkyl halides is 3. The Morgan fingerprint density at radius 2 is 1.59 bits per heavy atom. The highest BCUT2D eigenvalue weighted by Crippen LogP contribution is 2.32. The lowest BCUT2D eigenvalue weighted by Crippen LogP contribution is -2.47. The van der Waals surface area contributed by atoms with Crippen molar-refractivity contribution >= 4 is 30.5 Å². The number of anilines is 1. The van der Waals surface area contributed by atoms with Crippen LogP contribution >= 0.6 is 24.8 Å². The highest BCUT2D eigenvalue weighted by atomic mass is 35.5. The molecule has 0 atom stereocenters. The molecule has 27 heavy (non-hydrogen) atoms. The number of nitrogens with zero attached hydrogens (tertiary/aromatic N) is 2. The van der Waals surface area contributed by atoms with Gasteiger partial charge in [0.05, 0.1) is 5.56 Å². The predicted octanol–water partition coefficient (Wildman–Crippen LogP) is 4.58. The van der Waals surface area contributed by atoms with Crippen molar-refractivity contribution in [1.29, 1.82) is 0 Å². The first-order valence-electron chi connectivity index (χ1n) is 9.32. The smallest absolute Gasteiger partial charge is 0.369 e. The summed E-state index contributed by atoms with van der Waals surface area (Å²) in [4.78, 5) is 4.50. The number of piperazine rings is 1. The maximum Gasteiger partial charge on any atom is 0.416 e. The quantitative estimate of drug-likeness (QED) is 0.762. The van der Waals surface area contributed by atoms with Gasteiger partial charge in [-0.2, -0.15) is 13.2 Å². The van der Waals surface area contributed by atoms with Gasteiger partial charge in [-0.1, -0.05) is 6.07 Å². The van der Waals surface area contributed by atoms with Crippen LogP contribution in [-0.4, -0.2) is 43.7 Å². The molecule has 1 saturated heterocycles. The van der Waals surface area contributed by atoms with Gasteiger partial charge in [-0.25, -0.2) is 0 Å². The summed E-state index contributed by atoms with van der Waals surface area (Å²) in [5.41, 5.74) is 6.07. The van der Waals surface area contributed by atoms with E-state index < -0.39 is 11.7 Å². The summed E-state index contributed by atoms with van der Waals surface area (Å²) >= 11 is 0. The van der Waals surface area contributed by atoms with Gasteiger partial charge in [0.15, 0.2) is 0 Å². The maximum atomic E-state index is 12.9. The second-order valence-corrected chi connectivity index (χ2v) is 7.45. The Labute approximate surface area is 172 Å². The molecule has 0 unspecified atom stereocenters. The fraction of sp³-hybridized carbons (Fsp3) is 0.684. The van der Waals surface area contributed by atoms with Crippen molar-refractivity contribution in [3.63, 3.8) is 0 Å². The summed E-state index contributed by atoms with van der Waals surface area (Å²) in [7, 11) is 0. The zero-order valence-electron chi connectivity index (χ0n) is 15.5. The molecule has 0 spiro atoms. The summed E-state index contributed by atoms with van der Waals surface area (Å²) < 4.78 is 38.6. The molecule has 0 radical (unpaired) electrons. The molecule has 1 aliphatic heterocycles. The van der Waals surface area contributed by atoms with Crippen LogP contribution in [0.25, 0.3) is 0 Å². The van der Waals surface area contributed by atoms with Gasteiger partial charge in [-0.3, -0.25) is 4.90 Å². The lowest BCUT2D eigenvalue weighted by molar-refractivity contribution is -0.137. The Bertz CT molecular complexity index is 555. The third kappa shape index (κ3) is 7.00. The standard InChI is InChI=1S/C19H28F3N3.2ClH/c20-19(21,22)16-2-1-3-18(14-16)25-12-10-24(11-13-25)9-8-15-4-6-17(23)7-5-15;;/h1-3,14-15,17H,4-13,23H2;2*1H. The average Bonchev–Trinajstić information content (AvgIpc) is 2.61. The Kier molecular flexibility index (Phi) is 9.69. The van der Waals surface area contributed by atoms with E-state index in [9.17, 15) is 13.2 Å². The van der Waals surface area contributed by atoms with Crippen LogP contribution in [0, 0.1) is 5.92 Å². The van der Waals surface area contributed by atoms with E-state index in [1.807, 2.05) is 0 Å². The number of rotatable bonds is 4. The molecule has 8 heteroatoms. The third-order valence-corrected chi connectivity index (χ3v) is 5.66. The molecule has 0 amide bonds. The summed E-state index contributed by atoms with van der Waals surface area (Å²) in [5.74, 6) is 0.793. The van der Waals surface area contributed by atoms with Crippen LogP contribution in [0.4, 0.5) is 18.9 Å². The third-order valence-electron chi connectivity index (χ3n) is 5.66. The van der Waals surface area contributed by atoms with Crippen molar-refractivity contribution in [1.82, 2.24) is 4.90 Å². The summed E-state index contributed by atoms with van der Waals surface area (Å²) in [6.45, 7) is 4.51. The minimum Gasteiger partial charge on any atom is -0.369 e. The summed E-state index contributed by atoms with van der Waals surface area (Å²) in [6.07, 6.45) is 1.72. The van der Waals surface area contributed by atoms with E-state index in [0.717, 1.165) is 57.5 Å². The van der Waals surface area contributed by atoms with Gasteiger partial charge in [0.1, 0.15) is 0 Å². The van der Waals surface area contributed by atoms with Crippen molar-refractivity contribution < 1.29 is 13.2 Å². The average molecular weight is 428 g/mol. The maximum absolute atomic E-state index is 12.9. The van der Waals surface area contributed by atoms with E-state index in [2.05, 4.69) is 9.80 Å². The van der Waals surface area contributed by atoms with Crippen LogP contribution in [0.1, 0.15) is 37.7 Å². The van der Waals surface area contributed by atoms with Gasteiger partial charge >= 0.3 is 6.18 Å². The highest BCUT2D eigenvalue weighted by Gasteiger charge is 2.31. The molecular formula is C19H30Cl2F3N3. The number of nitrogens with two attached hydrogens (primary N) is 1. The Balaban J connectivity index is 0.00000182. The first-order valence-corrected chi connectivity index (χ1v) is 9.32. The largest absolute Gasteiger partial charge is 0.416 e. The summed E-state index contributed by atoms with van der Waals surface area (Å²) in [6, 6.07) is 6.07. The molecule has 3 nitrogen and oxygen atoms in total. The first-order chi connectivity index (χ1) is 11.9. The predicted molar refractivity (Wildman–Crippen MR) is 109 cm³/mol. The Morgan fingerprint density at radius 1 is 0.963 bits per heavy atom. The van der Waals surface area contributed by atoms with E-state index >= 15 is 0 Å². The second kappa shape index (κ2) is 10.7. The lowest BCUT2D eigenvalue weighted by atomic mass is 9.84. The van der Waals surface area contributed by atoms with Gasteiger partial charge in [0.2, 0.25) is 0 Å². The van der Waals surface area contributed by atoms with Crippen LogP contribution in [0.15, 0.2) is 24.3 Å². The Morgan fingerprint density at radius 3 is 2.19 bits per heavy atom. The topological polar surface area (TPSA) is 32.5 Å². The minimum atomic E-state index is -4.28. The Hall–Kier alpha value is -0.690. The van der Waals surface area contributed by atoms with Gasteiger partial charge in [-0.15, -0.1) is 24.8 Å². The van der Waals surface area contributed by atoms with E-state index in [1.165, 1.54) is 31.4 Å². The number of hydrogen-bond donors (Lipinski definition) is 1. The van der Waals surface area contributed by atoms with Crippen LogP contribution < -0.4 is 10.6 Å². The SMILES string of the molecule is Cl.Cl.NC1CCC(CCN2CCN(c3cccc(C(F)(F)F)c3)CC2)CC1. The minimum absolute atomic E-state index is 0.